The second-order valence-corrected chi connectivity index (χ2v) is 6.89. The molecule has 1 unspecified atom stereocenters. The first kappa shape index (κ1) is 17.4. The number of amides is 1. The molecule has 0 spiro atoms. The molecule has 1 rings (SSSR count). The molecule has 5 nitrogen and oxygen atoms in total. The van der Waals surface area contributed by atoms with Crippen molar-refractivity contribution < 1.29 is 17.6 Å². The number of carbonyl (C=O) groups excluding carboxylic acids is 1. The van der Waals surface area contributed by atoms with E-state index >= 15 is 0 Å². The molecule has 0 saturated carbocycles. The number of benzene rings is 1. The highest BCUT2D eigenvalue weighted by atomic mass is 32.2. The van der Waals surface area contributed by atoms with Crippen LogP contribution in [0.4, 0.5) is 10.1 Å². The van der Waals surface area contributed by atoms with Crippen molar-refractivity contribution in [1.29, 1.82) is 0 Å². The second-order valence-electron chi connectivity index (χ2n) is 4.98. The van der Waals surface area contributed by atoms with Crippen molar-refractivity contribution in [3.05, 3.63) is 30.1 Å². The molecule has 1 aromatic rings. The highest BCUT2D eigenvalue weighted by Crippen LogP contribution is 2.20. The Morgan fingerprint density at radius 3 is 2.52 bits per heavy atom. The van der Waals surface area contributed by atoms with E-state index in [1.54, 1.807) is 0 Å². The number of para-hydroxylation sites is 1. The number of halogens is 1. The summed E-state index contributed by atoms with van der Waals surface area (Å²) in [6.07, 6.45) is 2.65. The zero-order valence-electron chi connectivity index (χ0n) is 12.5. The molecule has 0 radical (unpaired) electrons. The third kappa shape index (κ3) is 5.34. The molecular formula is C14H21FN2O3S. The van der Waals surface area contributed by atoms with E-state index in [0.29, 0.717) is 0 Å². The van der Waals surface area contributed by atoms with Gasteiger partial charge in [0.15, 0.2) is 0 Å². The van der Waals surface area contributed by atoms with Crippen molar-refractivity contribution in [1.82, 2.24) is 5.32 Å². The van der Waals surface area contributed by atoms with E-state index in [2.05, 4.69) is 5.32 Å². The minimum Gasteiger partial charge on any atom is -0.352 e. The largest absolute Gasteiger partial charge is 0.352 e. The van der Waals surface area contributed by atoms with Crippen LogP contribution in [0.3, 0.4) is 0 Å². The second kappa shape index (κ2) is 7.40. The Hall–Kier alpha value is -1.63. The molecule has 1 atom stereocenters. The zero-order valence-corrected chi connectivity index (χ0v) is 13.3. The molecule has 7 heteroatoms. The lowest BCUT2D eigenvalue weighted by Gasteiger charge is -2.23. The Morgan fingerprint density at radius 2 is 2.00 bits per heavy atom. The first-order valence-corrected chi connectivity index (χ1v) is 8.62. The van der Waals surface area contributed by atoms with Gasteiger partial charge in [0.1, 0.15) is 12.4 Å². The van der Waals surface area contributed by atoms with E-state index in [1.165, 1.54) is 18.2 Å². The summed E-state index contributed by atoms with van der Waals surface area (Å²) in [7, 11) is -3.75. The van der Waals surface area contributed by atoms with Crippen LogP contribution in [0.25, 0.3) is 0 Å². The third-order valence-corrected chi connectivity index (χ3v) is 4.06. The maximum atomic E-state index is 13.8. The molecule has 0 fully saturated rings. The van der Waals surface area contributed by atoms with Crippen molar-refractivity contribution >= 4 is 21.6 Å². The average molecular weight is 316 g/mol. The van der Waals surface area contributed by atoms with Gasteiger partial charge in [0.2, 0.25) is 15.9 Å². The number of sulfonamides is 1. The maximum absolute atomic E-state index is 13.8. The summed E-state index contributed by atoms with van der Waals surface area (Å²) in [6, 6.07) is 5.42. The lowest BCUT2D eigenvalue weighted by molar-refractivity contribution is -0.120. The van der Waals surface area contributed by atoms with Crippen LogP contribution in [-0.4, -0.2) is 33.2 Å². The van der Waals surface area contributed by atoms with Crippen molar-refractivity contribution in [3.8, 4) is 0 Å². The Bertz CT molecular complexity index is 590. The van der Waals surface area contributed by atoms with E-state index in [4.69, 9.17) is 0 Å². The van der Waals surface area contributed by atoms with Crippen LogP contribution in [-0.2, 0) is 14.8 Å². The smallest absolute Gasteiger partial charge is 0.240 e. The van der Waals surface area contributed by atoms with Gasteiger partial charge < -0.3 is 5.32 Å². The molecule has 0 bridgehead atoms. The first-order valence-electron chi connectivity index (χ1n) is 6.77. The van der Waals surface area contributed by atoms with Gasteiger partial charge in [-0.15, -0.1) is 0 Å². The Balaban J connectivity index is 2.92. The number of nitrogens with zero attached hydrogens (tertiary/aromatic N) is 1. The SMILES string of the molecule is CCCC(C)NC(=O)CN(c1ccccc1F)S(C)(=O)=O. The van der Waals surface area contributed by atoms with Gasteiger partial charge in [0.05, 0.1) is 11.9 Å². The summed E-state index contributed by atoms with van der Waals surface area (Å²) in [4.78, 5) is 11.9. The van der Waals surface area contributed by atoms with Gasteiger partial charge in [0.25, 0.3) is 0 Å². The van der Waals surface area contributed by atoms with E-state index in [1.807, 2.05) is 13.8 Å². The van der Waals surface area contributed by atoms with Crippen LogP contribution < -0.4 is 9.62 Å². The molecule has 0 aliphatic carbocycles. The molecule has 1 amide bonds. The Morgan fingerprint density at radius 1 is 1.38 bits per heavy atom. The molecule has 21 heavy (non-hydrogen) atoms. The molecular weight excluding hydrogens is 295 g/mol. The van der Waals surface area contributed by atoms with Crippen LogP contribution in [0.1, 0.15) is 26.7 Å². The van der Waals surface area contributed by atoms with Crippen LogP contribution >= 0.6 is 0 Å². The highest BCUT2D eigenvalue weighted by Gasteiger charge is 2.23. The van der Waals surface area contributed by atoms with Gasteiger partial charge in [-0.2, -0.15) is 0 Å². The number of nitrogens with one attached hydrogen (secondary N) is 1. The van der Waals surface area contributed by atoms with Crippen molar-refractivity contribution in [2.45, 2.75) is 32.7 Å². The van der Waals surface area contributed by atoms with Crippen LogP contribution in [0.5, 0.6) is 0 Å². The van der Waals surface area contributed by atoms with Crippen LogP contribution in [0.2, 0.25) is 0 Å². The van der Waals surface area contributed by atoms with Gasteiger partial charge in [0, 0.05) is 6.04 Å². The first-order chi connectivity index (χ1) is 9.75. The fraction of sp³-hybridized carbons (Fsp3) is 0.500. The quantitative estimate of drug-likeness (QED) is 0.835. The predicted molar refractivity (Wildman–Crippen MR) is 81.1 cm³/mol. The number of carbonyl (C=O) groups is 1. The topological polar surface area (TPSA) is 66.5 Å². The summed E-state index contributed by atoms with van der Waals surface area (Å²) in [5.41, 5.74) is -0.127. The molecule has 1 aromatic carbocycles. The molecule has 0 aromatic heterocycles. The van der Waals surface area contributed by atoms with E-state index < -0.39 is 28.3 Å². The summed E-state index contributed by atoms with van der Waals surface area (Å²) >= 11 is 0. The molecule has 1 N–H and O–H groups in total. The third-order valence-electron chi connectivity index (χ3n) is 2.94. The minimum atomic E-state index is -3.75. The van der Waals surface area contributed by atoms with Crippen molar-refractivity contribution in [2.75, 3.05) is 17.1 Å². The Kier molecular flexibility index (Phi) is 6.14. The molecule has 0 aliphatic rings. The predicted octanol–water partition coefficient (Wildman–Crippen LogP) is 1.90. The van der Waals surface area contributed by atoms with Gasteiger partial charge in [-0.25, -0.2) is 12.8 Å². The fourth-order valence-corrected chi connectivity index (χ4v) is 2.85. The summed E-state index contributed by atoms with van der Waals surface area (Å²) in [5.74, 6) is -1.14. The minimum absolute atomic E-state index is 0.0514. The zero-order chi connectivity index (χ0) is 16.0. The highest BCUT2D eigenvalue weighted by molar-refractivity contribution is 7.92. The molecule has 0 aliphatic heterocycles. The maximum Gasteiger partial charge on any atom is 0.240 e. The van der Waals surface area contributed by atoms with Crippen molar-refractivity contribution in [3.63, 3.8) is 0 Å². The van der Waals surface area contributed by atoms with Crippen LogP contribution in [0.15, 0.2) is 24.3 Å². The van der Waals surface area contributed by atoms with E-state index in [-0.39, 0.29) is 11.7 Å². The lowest BCUT2D eigenvalue weighted by Crippen LogP contribution is -2.43. The number of rotatable bonds is 7. The Labute approximate surface area is 125 Å². The van der Waals surface area contributed by atoms with Gasteiger partial charge in [-0.1, -0.05) is 25.5 Å². The van der Waals surface area contributed by atoms with E-state index in [9.17, 15) is 17.6 Å². The fourth-order valence-electron chi connectivity index (χ4n) is 1.99. The number of anilines is 1. The van der Waals surface area contributed by atoms with Gasteiger partial charge in [-0.05, 0) is 25.5 Å². The average Bonchev–Trinajstić information content (AvgIpc) is 2.36. The molecule has 0 heterocycles. The molecule has 118 valence electrons. The summed E-state index contributed by atoms with van der Waals surface area (Å²) < 4.78 is 38.2. The lowest BCUT2D eigenvalue weighted by atomic mass is 10.2. The summed E-state index contributed by atoms with van der Waals surface area (Å²) in [6.45, 7) is 3.40. The summed E-state index contributed by atoms with van der Waals surface area (Å²) in [5, 5.41) is 2.71. The van der Waals surface area contributed by atoms with Crippen molar-refractivity contribution in [2.24, 2.45) is 0 Å². The van der Waals surface area contributed by atoms with Gasteiger partial charge in [-0.3, -0.25) is 9.10 Å². The number of hydrogen-bond acceptors (Lipinski definition) is 3. The standard InChI is InChI=1S/C14H21FN2O3S/c1-4-7-11(2)16-14(18)10-17(21(3,19)20)13-9-6-5-8-12(13)15/h5-6,8-9,11H,4,7,10H2,1-3H3,(H,16,18). The number of hydrogen-bond donors (Lipinski definition) is 1. The normalized spacial score (nSPS) is 12.8. The van der Waals surface area contributed by atoms with Crippen LogP contribution in [0, 0.1) is 5.82 Å². The monoisotopic (exact) mass is 316 g/mol. The van der Waals surface area contributed by atoms with Gasteiger partial charge >= 0.3 is 0 Å². The molecule has 0 saturated heterocycles. The van der Waals surface area contributed by atoms with E-state index in [0.717, 1.165) is 29.5 Å².